The van der Waals surface area contributed by atoms with Crippen LogP contribution < -0.4 is 4.74 Å². The molecule has 0 aromatic heterocycles. The maximum absolute atomic E-state index is 12.0. The fraction of sp³-hybridized carbons (Fsp3) is 0.0588. The fourth-order valence-electron chi connectivity index (χ4n) is 1.74. The molecule has 3 nitrogen and oxygen atoms in total. The summed E-state index contributed by atoms with van der Waals surface area (Å²) in [6, 6.07) is 16.1. The van der Waals surface area contributed by atoms with Gasteiger partial charge < -0.3 is 4.74 Å². The van der Waals surface area contributed by atoms with Gasteiger partial charge in [0.1, 0.15) is 5.75 Å². The normalized spacial score (nSPS) is 10.2. The quantitative estimate of drug-likeness (QED) is 0.627. The van der Waals surface area contributed by atoms with Gasteiger partial charge in [0.2, 0.25) is 0 Å². The minimum Gasteiger partial charge on any atom is -0.497 e. The first-order valence-electron chi connectivity index (χ1n) is 6.09. The first-order chi connectivity index (χ1) is 9.72. The van der Waals surface area contributed by atoms with Crippen LogP contribution in [-0.2, 0) is 0 Å². The molecular weight excluding hydrogens is 250 g/mol. The van der Waals surface area contributed by atoms with E-state index in [-0.39, 0.29) is 5.78 Å². The summed E-state index contributed by atoms with van der Waals surface area (Å²) < 4.78 is 5.04. The molecule has 3 heteroatoms. The number of ether oxygens (including phenoxy) is 1. The van der Waals surface area contributed by atoms with Crippen LogP contribution in [0.3, 0.4) is 0 Å². The molecule has 2 rings (SSSR count). The Balaban J connectivity index is 2.13. The standard InChI is InChI=1S/C17H13NO2/c1-20-16-8-6-15(7-9-16)17(19)10-5-13-3-2-4-14(11-13)12-18/h2-11H,1H3/b10-5+. The molecule has 0 unspecified atom stereocenters. The first kappa shape index (κ1) is 13.6. The molecule has 0 saturated heterocycles. The number of carbonyl (C=O) groups is 1. The Morgan fingerprint density at radius 3 is 2.60 bits per heavy atom. The SMILES string of the molecule is COc1ccc(C(=O)/C=C/c2cccc(C#N)c2)cc1. The molecule has 0 aliphatic rings. The van der Waals surface area contributed by atoms with Crippen LogP contribution in [0.25, 0.3) is 6.08 Å². The van der Waals surface area contributed by atoms with E-state index in [4.69, 9.17) is 10.00 Å². The van der Waals surface area contributed by atoms with Crippen molar-refractivity contribution in [2.75, 3.05) is 7.11 Å². The molecule has 0 fully saturated rings. The van der Waals surface area contributed by atoms with Crippen molar-refractivity contribution < 1.29 is 9.53 Å². The Bertz CT molecular complexity index is 679. The largest absolute Gasteiger partial charge is 0.497 e. The predicted octanol–water partition coefficient (Wildman–Crippen LogP) is 3.46. The summed E-state index contributed by atoms with van der Waals surface area (Å²) in [5, 5.41) is 8.81. The number of allylic oxidation sites excluding steroid dienone is 1. The molecule has 0 bridgehead atoms. The Hall–Kier alpha value is -2.86. The van der Waals surface area contributed by atoms with Crippen molar-refractivity contribution in [1.82, 2.24) is 0 Å². The maximum atomic E-state index is 12.0. The molecule has 0 spiro atoms. The van der Waals surface area contributed by atoms with Gasteiger partial charge in [-0.3, -0.25) is 4.79 Å². The molecule has 20 heavy (non-hydrogen) atoms. The molecule has 98 valence electrons. The topological polar surface area (TPSA) is 50.1 Å². The number of nitriles is 1. The summed E-state index contributed by atoms with van der Waals surface area (Å²) in [5.74, 6) is 0.627. The fourth-order valence-corrected chi connectivity index (χ4v) is 1.74. The van der Waals surface area contributed by atoms with Gasteiger partial charge in [-0.05, 0) is 48.0 Å². The Morgan fingerprint density at radius 2 is 1.95 bits per heavy atom. The van der Waals surface area contributed by atoms with E-state index in [1.165, 1.54) is 6.08 Å². The highest BCUT2D eigenvalue weighted by molar-refractivity contribution is 6.06. The Morgan fingerprint density at radius 1 is 1.20 bits per heavy atom. The molecule has 0 aliphatic carbocycles. The lowest BCUT2D eigenvalue weighted by molar-refractivity contribution is 0.104. The molecule has 2 aromatic carbocycles. The van der Waals surface area contributed by atoms with Crippen molar-refractivity contribution in [2.45, 2.75) is 0 Å². The van der Waals surface area contributed by atoms with Crippen molar-refractivity contribution >= 4 is 11.9 Å². The van der Waals surface area contributed by atoms with E-state index in [1.807, 2.05) is 6.07 Å². The van der Waals surface area contributed by atoms with E-state index in [2.05, 4.69) is 6.07 Å². The number of hydrogen-bond acceptors (Lipinski definition) is 3. The molecule has 0 heterocycles. The molecule has 0 radical (unpaired) electrons. The van der Waals surface area contributed by atoms with Gasteiger partial charge in [0, 0.05) is 5.56 Å². The molecule has 0 amide bonds. The monoisotopic (exact) mass is 263 g/mol. The van der Waals surface area contributed by atoms with Gasteiger partial charge >= 0.3 is 0 Å². The summed E-state index contributed by atoms with van der Waals surface area (Å²) in [6.07, 6.45) is 3.20. The summed E-state index contributed by atoms with van der Waals surface area (Å²) in [4.78, 5) is 12.0. The zero-order valence-corrected chi connectivity index (χ0v) is 11.0. The highest BCUT2D eigenvalue weighted by Gasteiger charge is 2.01. The number of ketones is 1. The Labute approximate surface area is 117 Å². The summed E-state index contributed by atoms with van der Waals surface area (Å²) >= 11 is 0. The van der Waals surface area contributed by atoms with E-state index < -0.39 is 0 Å². The minimum absolute atomic E-state index is 0.0880. The number of methoxy groups -OCH3 is 1. The highest BCUT2D eigenvalue weighted by atomic mass is 16.5. The van der Waals surface area contributed by atoms with E-state index in [0.717, 1.165) is 5.56 Å². The van der Waals surface area contributed by atoms with Crippen molar-refractivity contribution in [3.8, 4) is 11.8 Å². The van der Waals surface area contributed by atoms with Crippen LogP contribution in [0, 0.1) is 11.3 Å². The first-order valence-corrected chi connectivity index (χ1v) is 6.09. The lowest BCUT2D eigenvalue weighted by Crippen LogP contribution is -1.94. The number of carbonyl (C=O) groups excluding carboxylic acids is 1. The molecule has 0 aliphatic heterocycles. The molecule has 0 N–H and O–H groups in total. The van der Waals surface area contributed by atoms with Gasteiger partial charge in [-0.2, -0.15) is 5.26 Å². The van der Waals surface area contributed by atoms with Crippen molar-refractivity contribution in [2.24, 2.45) is 0 Å². The summed E-state index contributed by atoms with van der Waals surface area (Å²) in [5.41, 5.74) is 1.99. The average Bonchev–Trinajstić information content (AvgIpc) is 2.53. The summed E-state index contributed by atoms with van der Waals surface area (Å²) in [6.45, 7) is 0. The van der Waals surface area contributed by atoms with Crippen LogP contribution in [0.1, 0.15) is 21.5 Å². The second-order valence-corrected chi connectivity index (χ2v) is 4.16. The molecular formula is C17H13NO2. The van der Waals surface area contributed by atoms with Crippen LogP contribution in [-0.4, -0.2) is 12.9 Å². The van der Waals surface area contributed by atoms with Gasteiger partial charge in [0.25, 0.3) is 0 Å². The van der Waals surface area contributed by atoms with Gasteiger partial charge in [-0.1, -0.05) is 18.2 Å². The third-order valence-corrected chi connectivity index (χ3v) is 2.82. The van der Waals surface area contributed by atoms with E-state index in [9.17, 15) is 4.79 Å². The smallest absolute Gasteiger partial charge is 0.185 e. The van der Waals surface area contributed by atoms with Crippen molar-refractivity contribution in [3.05, 3.63) is 71.3 Å². The number of rotatable bonds is 4. The third kappa shape index (κ3) is 3.33. The highest BCUT2D eigenvalue weighted by Crippen LogP contribution is 2.13. The molecule has 0 saturated carbocycles. The number of nitrogens with zero attached hydrogens (tertiary/aromatic N) is 1. The lowest BCUT2D eigenvalue weighted by Gasteiger charge is -2.00. The van der Waals surface area contributed by atoms with Crippen LogP contribution in [0.15, 0.2) is 54.6 Å². The predicted molar refractivity (Wildman–Crippen MR) is 77.5 cm³/mol. The second kappa shape index (κ2) is 6.35. The van der Waals surface area contributed by atoms with Crippen molar-refractivity contribution in [1.29, 1.82) is 5.26 Å². The van der Waals surface area contributed by atoms with Crippen LogP contribution in [0.4, 0.5) is 0 Å². The van der Waals surface area contributed by atoms with Gasteiger partial charge in [-0.25, -0.2) is 0 Å². The van der Waals surface area contributed by atoms with Gasteiger partial charge in [-0.15, -0.1) is 0 Å². The molecule has 2 aromatic rings. The Kier molecular flexibility index (Phi) is 4.31. The third-order valence-electron chi connectivity index (χ3n) is 2.82. The van der Waals surface area contributed by atoms with Crippen LogP contribution in [0.5, 0.6) is 5.75 Å². The molecule has 0 atom stereocenters. The summed E-state index contributed by atoms with van der Waals surface area (Å²) in [7, 11) is 1.58. The maximum Gasteiger partial charge on any atom is 0.185 e. The zero-order valence-electron chi connectivity index (χ0n) is 11.0. The zero-order chi connectivity index (χ0) is 14.4. The van der Waals surface area contributed by atoms with E-state index >= 15 is 0 Å². The van der Waals surface area contributed by atoms with Crippen LogP contribution in [0.2, 0.25) is 0 Å². The number of hydrogen-bond donors (Lipinski definition) is 0. The number of benzene rings is 2. The van der Waals surface area contributed by atoms with E-state index in [1.54, 1.807) is 55.7 Å². The van der Waals surface area contributed by atoms with Crippen LogP contribution >= 0.6 is 0 Å². The van der Waals surface area contributed by atoms with Gasteiger partial charge in [0.05, 0.1) is 18.7 Å². The second-order valence-electron chi connectivity index (χ2n) is 4.16. The van der Waals surface area contributed by atoms with Gasteiger partial charge in [0.15, 0.2) is 5.78 Å². The van der Waals surface area contributed by atoms with Crippen molar-refractivity contribution in [3.63, 3.8) is 0 Å². The average molecular weight is 263 g/mol. The lowest BCUT2D eigenvalue weighted by atomic mass is 10.1. The van der Waals surface area contributed by atoms with E-state index in [0.29, 0.717) is 16.9 Å². The minimum atomic E-state index is -0.0880.